The highest BCUT2D eigenvalue weighted by Gasteiger charge is 2.52. The normalized spacial score (nSPS) is 25.9. The van der Waals surface area contributed by atoms with Crippen LogP contribution in [0.3, 0.4) is 0 Å². The Morgan fingerprint density at radius 1 is 1.07 bits per heavy atom. The number of rotatable bonds is 8. The van der Waals surface area contributed by atoms with Gasteiger partial charge in [0, 0.05) is 32.2 Å². The van der Waals surface area contributed by atoms with Gasteiger partial charge >= 0.3 is 12.1 Å². The third kappa shape index (κ3) is 6.16. The Balaban J connectivity index is 1.20. The van der Waals surface area contributed by atoms with E-state index in [1.165, 1.54) is 0 Å². The Bertz CT molecular complexity index is 2170. The van der Waals surface area contributed by atoms with Crippen LogP contribution in [-0.4, -0.2) is 113 Å². The number of hydrogen-bond acceptors (Lipinski definition) is 11. The SMILES string of the molecule is CCc1cccc2cc(OCOC)cc(-c3nc4c5c(nc(OC[C@@]67CCCN6C[C@H](F)C7)nc5c3F)N3C[C@@H]5CC[C@H]([C@H]3CO4)N5C(=O)OC(C)(C)C)c12. The van der Waals surface area contributed by atoms with Gasteiger partial charge in [0.05, 0.1) is 23.7 Å². The molecule has 55 heavy (non-hydrogen) atoms. The molecule has 292 valence electrons. The minimum absolute atomic E-state index is 0.00638. The molecular weight excluding hydrogens is 710 g/mol. The molecule has 5 aliphatic heterocycles. The van der Waals surface area contributed by atoms with Crippen LogP contribution in [0.15, 0.2) is 30.3 Å². The highest BCUT2D eigenvalue weighted by atomic mass is 19.1. The van der Waals surface area contributed by atoms with E-state index in [0.29, 0.717) is 48.4 Å². The third-order valence-electron chi connectivity index (χ3n) is 12.0. The highest BCUT2D eigenvalue weighted by Crippen LogP contribution is 2.47. The zero-order valence-electron chi connectivity index (χ0n) is 32.1. The molecule has 0 N–H and O–H groups in total. The number of nitrogens with zero attached hydrogens (tertiary/aromatic N) is 6. The van der Waals surface area contributed by atoms with Crippen molar-refractivity contribution in [2.75, 3.05) is 51.7 Å². The Morgan fingerprint density at radius 3 is 2.73 bits per heavy atom. The van der Waals surface area contributed by atoms with Gasteiger partial charge in [-0.1, -0.05) is 25.1 Å². The number of aromatic nitrogens is 3. The van der Waals surface area contributed by atoms with E-state index in [2.05, 4.69) is 16.7 Å². The average Bonchev–Trinajstić information content (AvgIpc) is 3.76. The number of halogens is 2. The average molecular weight is 759 g/mol. The van der Waals surface area contributed by atoms with Crippen molar-refractivity contribution in [3.63, 3.8) is 0 Å². The van der Waals surface area contributed by atoms with Crippen molar-refractivity contribution >= 4 is 33.6 Å². The summed E-state index contributed by atoms with van der Waals surface area (Å²) in [6, 6.07) is 8.94. The molecule has 1 amide bonds. The molecule has 2 aromatic carbocycles. The number of amides is 1. The third-order valence-corrected chi connectivity index (χ3v) is 12.0. The van der Waals surface area contributed by atoms with Crippen LogP contribution < -0.4 is 19.1 Å². The minimum Gasteiger partial charge on any atom is -0.475 e. The standard InChI is InChI=1S/C41H48F2N6O6/c1-6-23-9-7-10-24-15-27(54-22-51-5)16-28(31(23)24)34-33(43)35-32-36(46-38(45-35)53-21-41-13-8-14-47(41)18-25(42)17-41)48-19-26-11-12-29(30(48)20-52-37(32)44-34)49(26)39(50)55-40(2,3)4/h7,9-10,15-16,25-26,29-30H,6,8,11-14,17-22H2,1-5H3/t25-,26+,29-,30-,41+/m1/s1. The Morgan fingerprint density at radius 2 is 1.93 bits per heavy atom. The van der Waals surface area contributed by atoms with Crippen molar-refractivity contribution in [1.82, 2.24) is 24.8 Å². The first-order valence-corrected chi connectivity index (χ1v) is 19.5. The van der Waals surface area contributed by atoms with Gasteiger partial charge in [-0.3, -0.25) is 9.80 Å². The monoisotopic (exact) mass is 758 g/mol. The van der Waals surface area contributed by atoms with E-state index in [-0.39, 0.29) is 67.3 Å². The van der Waals surface area contributed by atoms with Crippen molar-refractivity contribution < 1.29 is 37.3 Å². The number of fused-ring (bicyclic) bond motifs is 7. The lowest BCUT2D eigenvalue weighted by atomic mass is 9.94. The summed E-state index contributed by atoms with van der Waals surface area (Å²) >= 11 is 0. The van der Waals surface area contributed by atoms with Gasteiger partial charge in [0.2, 0.25) is 5.88 Å². The van der Waals surface area contributed by atoms with Crippen molar-refractivity contribution in [3.05, 3.63) is 41.7 Å². The number of aryl methyl sites for hydroxylation is 1. The number of hydrogen-bond donors (Lipinski definition) is 0. The predicted octanol–water partition coefficient (Wildman–Crippen LogP) is 6.83. The first kappa shape index (κ1) is 36.1. The molecule has 2 aromatic heterocycles. The number of pyridine rings is 1. The molecule has 14 heteroatoms. The number of alkyl halides is 1. The molecule has 9 rings (SSSR count). The van der Waals surface area contributed by atoms with Gasteiger partial charge in [-0.2, -0.15) is 9.97 Å². The molecule has 4 saturated heterocycles. The number of piperazine rings is 1. The summed E-state index contributed by atoms with van der Waals surface area (Å²) in [5.41, 5.74) is 0.506. The second-order valence-corrected chi connectivity index (χ2v) is 16.6. The maximum Gasteiger partial charge on any atom is 0.410 e. The van der Waals surface area contributed by atoms with E-state index < -0.39 is 23.1 Å². The zero-order valence-corrected chi connectivity index (χ0v) is 32.1. The van der Waals surface area contributed by atoms with E-state index >= 15 is 4.39 Å². The molecule has 0 saturated carbocycles. The fourth-order valence-electron chi connectivity index (χ4n) is 9.72. The Hall–Kier alpha value is -4.56. The van der Waals surface area contributed by atoms with Crippen LogP contribution in [0.2, 0.25) is 0 Å². The lowest BCUT2D eigenvalue weighted by molar-refractivity contribution is 0.00537. The van der Waals surface area contributed by atoms with Crippen molar-refractivity contribution in [1.29, 1.82) is 0 Å². The lowest BCUT2D eigenvalue weighted by Crippen LogP contribution is -2.63. The van der Waals surface area contributed by atoms with Gasteiger partial charge in [0.1, 0.15) is 53.2 Å². The van der Waals surface area contributed by atoms with E-state index in [9.17, 15) is 9.18 Å². The molecule has 0 unspecified atom stereocenters. The lowest BCUT2D eigenvalue weighted by Gasteiger charge is -2.46. The number of carbonyl (C=O) groups excluding carboxylic acids is 1. The molecule has 4 fully saturated rings. The van der Waals surface area contributed by atoms with Gasteiger partial charge < -0.3 is 28.6 Å². The topological polar surface area (TPSA) is 112 Å². The molecule has 0 aliphatic carbocycles. The number of ether oxygens (including phenoxy) is 5. The van der Waals surface area contributed by atoms with E-state index in [0.717, 1.165) is 48.6 Å². The fraction of sp³-hybridized carbons (Fsp3) is 0.561. The van der Waals surface area contributed by atoms with Crippen molar-refractivity contribution in [3.8, 4) is 28.9 Å². The molecule has 5 atom stereocenters. The van der Waals surface area contributed by atoms with Gasteiger partial charge in [0.25, 0.3) is 0 Å². The van der Waals surface area contributed by atoms with Crippen LogP contribution in [0.25, 0.3) is 32.9 Å². The van der Waals surface area contributed by atoms with Gasteiger partial charge in [0.15, 0.2) is 12.6 Å². The maximum absolute atomic E-state index is 17.6. The van der Waals surface area contributed by atoms with Gasteiger partial charge in [-0.15, -0.1) is 0 Å². The first-order chi connectivity index (χ1) is 26.5. The van der Waals surface area contributed by atoms with Crippen LogP contribution in [0.1, 0.15) is 65.4 Å². The summed E-state index contributed by atoms with van der Waals surface area (Å²) < 4.78 is 62.3. The minimum atomic E-state index is -0.930. The van der Waals surface area contributed by atoms with Crippen LogP contribution in [-0.2, 0) is 15.9 Å². The zero-order chi connectivity index (χ0) is 38.2. The molecule has 0 spiro atoms. The molecule has 2 bridgehead atoms. The summed E-state index contributed by atoms with van der Waals surface area (Å²) in [4.78, 5) is 34.4. The molecule has 7 heterocycles. The van der Waals surface area contributed by atoms with Gasteiger partial charge in [-0.05, 0) is 87.9 Å². The van der Waals surface area contributed by atoms with E-state index in [1.807, 2.05) is 49.9 Å². The molecular formula is C41H48F2N6O6. The second-order valence-electron chi connectivity index (χ2n) is 16.6. The quantitative estimate of drug-likeness (QED) is 0.176. The summed E-state index contributed by atoms with van der Waals surface area (Å²) in [5.74, 6) is 0.495. The summed E-state index contributed by atoms with van der Waals surface area (Å²) in [6.45, 7) is 9.64. The molecule has 5 aliphatic rings. The first-order valence-electron chi connectivity index (χ1n) is 19.5. The number of benzene rings is 2. The van der Waals surface area contributed by atoms with Crippen molar-refractivity contribution in [2.24, 2.45) is 0 Å². The van der Waals surface area contributed by atoms with Crippen LogP contribution in [0.5, 0.6) is 17.6 Å². The number of carbonyl (C=O) groups is 1. The summed E-state index contributed by atoms with van der Waals surface area (Å²) in [7, 11) is 1.54. The van der Waals surface area contributed by atoms with Gasteiger partial charge in [-0.25, -0.2) is 18.6 Å². The van der Waals surface area contributed by atoms with Crippen molar-refractivity contribution in [2.45, 2.75) is 102 Å². The Labute approximate surface area is 319 Å². The van der Waals surface area contributed by atoms with E-state index in [4.69, 9.17) is 38.6 Å². The maximum atomic E-state index is 17.6. The smallest absolute Gasteiger partial charge is 0.410 e. The predicted molar refractivity (Wildman–Crippen MR) is 202 cm³/mol. The fourth-order valence-corrected chi connectivity index (χ4v) is 9.72. The highest BCUT2D eigenvalue weighted by molar-refractivity contribution is 6.03. The largest absolute Gasteiger partial charge is 0.475 e. The summed E-state index contributed by atoms with van der Waals surface area (Å²) in [6.07, 6.45) is 3.08. The molecule has 12 nitrogen and oxygen atoms in total. The molecule has 4 aromatic rings. The molecule has 0 radical (unpaired) electrons. The van der Waals surface area contributed by atoms with Crippen LogP contribution >= 0.6 is 0 Å². The van der Waals surface area contributed by atoms with E-state index in [1.54, 1.807) is 13.2 Å². The Kier molecular flexibility index (Phi) is 8.91. The summed E-state index contributed by atoms with van der Waals surface area (Å²) in [5, 5.41) is 2.05. The second kappa shape index (κ2) is 13.6. The van der Waals surface area contributed by atoms with Crippen LogP contribution in [0, 0.1) is 5.82 Å². The number of anilines is 1. The van der Waals surface area contributed by atoms with Crippen LogP contribution in [0.4, 0.5) is 19.4 Å². The number of methoxy groups -OCH3 is 1.